The van der Waals surface area contributed by atoms with Gasteiger partial charge in [-0.15, -0.1) is 0 Å². The molecule has 2 unspecified atom stereocenters. The summed E-state index contributed by atoms with van der Waals surface area (Å²) in [5.41, 5.74) is 5.81. The van der Waals surface area contributed by atoms with Crippen LogP contribution in [-0.2, 0) is 0 Å². The van der Waals surface area contributed by atoms with Crippen molar-refractivity contribution in [2.75, 3.05) is 7.05 Å². The number of guanidine groups is 1. The number of nitrogens with two attached hydrogens (primary N) is 1. The predicted molar refractivity (Wildman–Crippen MR) is 51.4 cm³/mol. The van der Waals surface area contributed by atoms with E-state index in [-0.39, 0.29) is 6.10 Å². The molecule has 13 heavy (non-hydrogen) atoms. The monoisotopic (exact) mass is 183 g/mol. The lowest BCUT2D eigenvalue weighted by atomic mass is 10.0. The summed E-state index contributed by atoms with van der Waals surface area (Å²) < 4.78 is 0. The van der Waals surface area contributed by atoms with Crippen molar-refractivity contribution in [2.24, 2.45) is 10.7 Å². The number of piperidine rings is 1. The molecule has 0 saturated carbocycles. The fraction of sp³-hybridized carbons (Fsp3) is 0.889. The van der Waals surface area contributed by atoms with Crippen molar-refractivity contribution in [3.63, 3.8) is 0 Å². The summed E-state index contributed by atoms with van der Waals surface area (Å²) in [4.78, 5) is 6.20. The second-order valence-corrected chi connectivity index (χ2v) is 4.00. The Labute approximate surface area is 78.4 Å². The Morgan fingerprint density at radius 1 is 1.38 bits per heavy atom. The predicted octanol–water partition coefficient (Wildman–Crippen LogP) is -0.0814. The van der Waals surface area contributed by atoms with Crippen LogP contribution in [0.25, 0.3) is 0 Å². The first-order chi connectivity index (χ1) is 6.22. The third kappa shape index (κ3) is 1.39. The number of aliphatic hydroxyl groups is 1. The first-order valence-electron chi connectivity index (χ1n) is 4.91. The number of fused-ring (bicyclic) bond motifs is 2. The number of rotatable bonds is 0. The summed E-state index contributed by atoms with van der Waals surface area (Å²) >= 11 is 0. The van der Waals surface area contributed by atoms with Crippen LogP contribution in [0.4, 0.5) is 0 Å². The molecule has 2 rings (SSSR count). The zero-order chi connectivity index (χ0) is 9.42. The van der Waals surface area contributed by atoms with Crippen molar-refractivity contribution in [1.82, 2.24) is 4.90 Å². The Balaban J connectivity index is 2.15. The van der Waals surface area contributed by atoms with Crippen molar-refractivity contribution in [1.29, 1.82) is 0 Å². The minimum absolute atomic E-state index is 0.126. The molecule has 2 fully saturated rings. The molecule has 4 nitrogen and oxygen atoms in total. The van der Waals surface area contributed by atoms with Crippen LogP contribution in [-0.4, -0.2) is 41.2 Å². The highest BCUT2D eigenvalue weighted by molar-refractivity contribution is 5.79. The zero-order valence-electron chi connectivity index (χ0n) is 7.98. The van der Waals surface area contributed by atoms with Crippen LogP contribution in [0.2, 0.25) is 0 Å². The molecule has 2 aliphatic rings. The minimum atomic E-state index is -0.126. The number of hydrogen-bond acceptors (Lipinski definition) is 2. The normalized spacial score (nSPS) is 39.7. The third-order valence-corrected chi connectivity index (χ3v) is 3.20. The van der Waals surface area contributed by atoms with Crippen molar-refractivity contribution in [2.45, 2.75) is 43.9 Å². The standard InChI is InChI=1S/C9H17N3O/c1-11-9(10)12-6-2-3-7(12)5-8(13)4-6/h6-8,13H,2-5H2,1H3,(H2,10,11). The lowest BCUT2D eigenvalue weighted by Gasteiger charge is -2.37. The Morgan fingerprint density at radius 3 is 2.38 bits per heavy atom. The first kappa shape index (κ1) is 8.81. The van der Waals surface area contributed by atoms with Crippen LogP contribution in [0.15, 0.2) is 4.99 Å². The number of aliphatic hydroxyl groups excluding tert-OH is 1. The van der Waals surface area contributed by atoms with E-state index >= 15 is 0 Å². The van der Waals surface area contributed by atoms with Gasteiger partial charge in [-0.05, 0) is 25.7 Å². The van der Waals surface area contributed by atoms with Crippen molar-refractivity contribution in [3.05, 3.63) is 0 Å². The van der Waals surface area contributed by atoms with E-state index in [4.69, 9.17) is 5.73 Å². The van der Waals surface area contributed by atoms with Crippen LogP contribution >= 0.6 is 0 Å². The number of hydrogen-bond donors (Lipinski definition) is 2. The molecule has 0 spiro atoms. The van der Waals surface area contributed by atoms with E-state index in [0.717, 1.165) is 25.7 Å². The highest BCUT2D eigenvalue weighted by Gasteiger charge is 2.40. The van der Waals surface area contributed by atoms with Gasteiger partial charge in [0.25, 0.3) is 0 Å². The summed E-state index contributed by atoms with van der Waals surface area (Å²) in [5, 5.41) is 9.55. The Morgan fingerprint density at radius 2 is 1.92 bits per heavy atom. The Hall–Kier alpha value is -0.770. The Bertz CT molecular complexity index is 215. The molecule has 0 aliphatic carbocycles. The van der Waals surface area contributed by atoms with Crippen molar-refractivity contribution in [3.8, 4) is 0 Å². The lowest BCUT2D eigenvalue weighted by molar-refractivity contribution is 0.0705. The maximum atomic E-state index is 9.55. The molecule has 2 atom stereocenters. The van der Waals surface area contributed by atoms with Gasteiger partial charge in [-0.3, -0.25) is 4.99 Å². The van der Waals surface area contributed by atoms with Gasteiger partial charge in [-0.25, -0.2) is 0 Å². The van der Waals surface area contributed by atoms with Gasteiger partial charge in [0.15, 0.2) is 5.96 Å². The van der Waals surface area contributed by atoms with Gasteiger partial charge in [0.1, 0.15) is 0 Å². The molecule has 74 valence electrons. The van der Waals surface area contributed by atoms with E-state index in [1.54, 1.807) is 7.05 Å². The van der Waals surface area contributed by atoms with Gasteiger partial charge in [0.2, 0.25) is 0 Å². The molecule has 3 N–H and O–H groups in total. The maximum absolute atomic E-state index is 9.55. The molecular weight excluding hydrogens is 166 g/mol. The van der Waals surface area contributed by atoms with Gasteiger partial charge in [0, 0.05) is 19.1 Å². The average Bonchev–Trinajstić information content (AvgIpc) is 2.37. The largest absolute Gasteiger partial charge is 0.393 e. The molecule has 2 saturated heterocycles. The third-order valence-electron chi connectivity index (χ3n) is 3.20. The fourth-order valence-electron chi connectivity index (χ4n) is 2.64. The maximum Gasteiger partial charge on any atom is 0.191 e. The highest BCUT2D eigenvalue weighted by Crippen LogP contribution is 2.35. The molecular formula is C9H17N3O. The molecule has 0 aromatic rings. The van der Waals surface area contributed by atoms with Crippen LogP contribution in [0.5, 0.6) is 0 Å². The smallest absolute Gasteiger partial charge is 0.191 e. The molecule has 2 heterocycles. The van der Waals surface area contributed by atoms with Gasteiger partial charge in [0.05, 0.1) is 6.10 Å². The van der Waals surface area contributed by atoms with Crippen LogP contribution in [0.3, 0.4) is 0 Å². The van der Waals surface area contributed by atoms with E-state index in [0.29, 0.717) is 18.0 Å². The second kappa shape index (κ2) is 3.18. The topological polar surface area (TPSA) is 61.8 Å². The Kier molecular flexibility index (Phi) is 2.15. The van der Waals surface area contributed by atoms with Crippen LogP contribution in [0, 0.1) is 0 Å². The SMILES string of the molecule is CN=C(N)N1C2CCC1CC(O)C2. The molecule has 0 amide bonds. The second-order valence-electron chi connectivity index (χ2n) is 4.00. The van der Waals surface area contributed by atoms with Gasteiger partial charge >= 0.3 is 0 Å². The summed E-state index contributed by atoms with van der Waals surface area (Å²) in [5.74, 6) is 0.638. The van der Waals surface area contributed by atoms with Gasteiger partial charge in [-0.1, -0.05) is 0 Å². The fourth-order valence-corrected chi connectivity index (χ4v) is 2.64. The summed E-state index contributed by atoms with van der Waals surface area (Å²) in [6.07, 6.45) is 3.88. The molecule has 0 aromatic heterocycles. The zero-order valence-corrected chi connectivity index (χ0v) is 7.98. The molecule has 0 radical (unpaired) electrons. The first-order valence-corrected chi connectivity index (χ1v) is 4.91. The summed E-state index contributed by atoms with van der Waals surface area (Å²) in [6.45, 7) is 0. The van der Waals surface area contributed by atoms with E-state index < -0.39 is 0 Å². The average molecular weight is 183 g/mol. The van der Waals surface area contributed by atoms with E-state index in [2.05, 4.69) is 9.89 Å². The number of aliphatic imine (C=N–C) groups is 1. The molecule has 4 heteroatoms. The van der Waals surface area contributed by atoms with E-state index in [9.17, 15) is 5.11 Å². The molecule has 2 aliphatic heterocycles. The summed E-state index contributed by atoms with van der Waals surface area (Å²) in [7, 11) is 1.72. The van der Waals surface area contributed by atoms with Gasteiger partial charge in [-0.2, -0.15) is 0 Å². The molecule has 0 aromatic carbocycles. The van der Waals surface area contributed by atoms with Crippen molar-refractivity contribution >= 4 is 5.96 Å². The molecule has 2 bridgehead atoms. The van der Waals surface area contributed by atoms with Crippen LogP contribution < -0.4 is 5.73 Å². The minimum Gasteiger partial charge on any atom is -0.393 e. The van der Waals surface area contributed by atoms with Gasteiger partial charge < -0.3 is 15.7 Å². The van der Waals surface area contributed by atoms with E-state index in [1.807, 2.05) is 0 Å². The van der Waals surface area contributed by atoms with Crippen LogP contribution in [0.1, 0.15) is 25.7 Å². The van der Waals surface area contributed by atoms with E-state index in [1.165, 1.54) is 0 Å². The highest BCUT2D eigenvalue weighted by atomic mass is 16.3. The summed E-state index contributed by atoms with van der Waals surface area (Å²) in [6, 6.07) is 0.856. The lowest BCUT2D eigenvalue weighted by Crippen LogP contribution is -2.51. The number of nitrogens with zero attached hydrogens (tertiary/aromatic N) is 2. The van der Waals surface area contributed by atoms with Crippen molar-refractivity contribution < 1.29 is 5.11 Å². The quantitative estimate of drug-likeness (QED) is 0.408.